The zero-order valence-corrected chi connectivity index (χ0v) is 8.27. The maximum absolute atomic E-state index is 11.8. The number of alkyl halides is 4. The molecule has 0 aliphatic carbocycles. The van der Waals surface area contributed by atoms with Gasteiger partial charge in [0.05, 0.1) is 0 Å². The van der Waals surface area contributed by atoms with Gasteiger partial charge in [0.25, 0.3) is 0 Å². The number of carbonyl (C=O) groups is 1. The predicted octanol–water partition coefficient (Wildman–Crippen LogP) is 2.43. The van der Waals surface area contributed by atoms with E-state index in [1.54, 1.807) is 0 Å². The summed E-state index contributed by atoms with van der Waals surface area (Å²) in [5.74, 6) is -1.04. The van der Waals surface area contributed by atoms with E-state index in [4.69, 9.17) is 0 Å². The van der Waals surface area contributed by atoms with Gasteiger partial charge in [-0.15, -0.1) is 0 Å². The van der Waals surface area contributed by atoms with E-state index in [2.05, 4.69) is 11.3 Å². The summed E-state index contributed by atoms with van der Waals surface area (Å²) in [6, 6.07) is 0. The first-order chi connectivity index (χ1) is 5.25. The molecule has 2 nitrogen and oxygen atoms in total. The standard InChI is InChI=1S/C6H6F3IO2/c1-3(2)4(11)12-5(10)6(7,8)9/h5H,1H2,2H3. The van der Waals surface area contributed by atoms with Gasteiger partial charge in [0.15, 0.2) is 0 Å². The van der Waals surface area contributed by atoms with Gasteiger partial charge in [0, 0.05) is 5.57 Å². The molecule has 0 saturated heterocycles. The van der Waals surface area contributed by atoms with Crippen LogP contribution in [0.15, 0.2) is 12.2 Å². The first-order valence-electron chi connectivity index (χ1n) is 2.82. The van der Waals surface area contributed by atoms with Crippen molar-refractivity contribution in [2.75, 3.05) is 0 Å². The Labute approximate surface area is 80.9 Å². The molecule has 70 valence electrons. The molecule has 0 aromatic carbocycles. The fourth-order valence-electron chi connectivity index (χ4n) is 0.261. The summed E-state index contributed by atoms with van der Waals surface area (Å²) in [4.78, 5) is 10.6. The van der Waals surface area contributed by atoms with Crippen molar-refractivity contribution in [3.8, 4) is 0 Å². The molecule has 0 heterocycles. The largest absolute Gasteiger partial charge is 0.439 e. The van der Waals surface area contributed by atoms with E-state index >= 15 is 0 Å². The summed E-state index contributed by atoms with van der Waals surface area (Å²) in [6.07, 6.45) is -4.52. The molecule has 0 amide bonds. The van der Waals surface area contributed by atoms with Gasteiger partial charge in [0.1, 0.15) is 0 Å². The number of esters is 1. The highest BCUT2D eigenvalue weighted by molar-refractivity contribution is 14.1. The van der Waals surface area contributed by atoms with Gasteiger partial charge in [-0.25, -0.2) is 4.79 Å². The summed E-state index contributed by atoms with van der Waals surface area (Å²) in [5, 5.41) is 0. The van der Waals surface area contributed by atoms with Crippen molar-refractivity contribution in [1.29, 1.82) is 0 Å². The van der Waals surface area contributed by atoms with Crippen molar-refractivity contribution >= 4 is 28.6 Å². The highest BCUT2D eigenvalue weighted by atomic mass is 127. The maximum Gasteiger partial charge on any atom is 0.435 e. The minimum atomic E-state index is -4.52. The third-order valence-electron chi connectivity index (χ3n) is 0.816. The molecule has 0 spiro atoms. The van der Waals surface area contributed by atoms with Crippen LogP contribution in [0.3, 0.4) is 0 Å². The Bertz CT molecular complexity index is 199. The Morgan fingerprint density at radius 1 is 1.58 bits per heavy atom. The molecule has 0 radical (unpaired) electrons. The number of rotatable bonds is 2. The van der Waals surface area contributed by atoms with Crippen LogP contribution < -0.4 is 0 Å². The van der Waals surface area contributed by atoms with Crippen LogP contribution in [-0.2, 0) is 9.53 Å². The van der Waals surface area contributed by atoms with Crippen LogP contribution in [0.5, 0.6) is 0 Å². The van der Waals surface area contributed by atoms with Crippen LogP contribution in [0.2, 0.25) is 0 Å². The van der Waals surface area contributed by atoms with E-state index in [0.717, 1.165) is 22.6 Å². The van der Waals surface area contributed by atoms with Crippen LogP contribution in [0.4, 0.5) is 13.2 Å². The molecule has 0 saturated carbocycles. The van der Waals surface area contributed by atoms with Gasteiger partial charge >= 0.3 is 12.1 Å². The van der Waals surface area contributed by atoms with Crippen LogP contribution in [-0.4, -0.2) is 16.3 Å². The molecule has 0 bridgehead atoms. The second kappa shape index (κ2) is 4.11. The molecule has 6 heteroatoms. The van der Waals surface area contributed by atoms with Crippen molar-refractivity contribution in [2.24, 2.45) is 0 Å². The second-order valence-electron chi connectivity index (χ2n) is 2.04. The Kier molecular flexibility index (Phi) is 4.01. The van der Waals surface area contributed by atoms with E-state index in [1.165, 1.54) is 6.92 Å². The maximum atomic E-state index is 11.8. The van der Waals surface area contributed by atoms with Gasteiger partial charge in [0.2, 0.25) is 4.11 Å². The molecule has 1 unspecified atom stereocenters. The highest BCUT2D eigenvalue weighted by Gasteiger charge is 2.40. The number of ether oxygens (including phenoxy) is 1. The zero-order chi connectivity index (χ0) is 9.94. The lowest BCUT2D eigenvalue weighted by molar-refractivity contribution is -0.189. The van der Waals surface area contributed by atoms with Crippen molar-refractivity contribution < 1.29 is 22.7 Å². The van der Waals surface area contributed by atoms with Gasteiger partial charge < -0.3 is 4.74 Å². The zero-order valence-electron chi connectivity index (χ0n) is 6.11. The Hall–Kier alpha value is -0.270. The fraction of sp³-hybridized carbons (Fsp3) is 0.500. The summed E-state index contributed by atoms with van der Waals surface area (Å²) < 4.78 is 37.2. The molecule has 0 N–H and O–H groups in total. The average molecular weight is 294 g/mol. The SMILES string of the molecule is C=C(C)C(=O)OC(I)C(F)(F)F. The first-order valence-corrected chi connectivity index (χ1v) is 4.07. The lowest BCUT2D eigenvalue weighted by Crippen LogP contribution is -2.28. The molecule has 0 aliphatic rings. The molecule has 0 aliphatic heterocycles. The van der Waals surface area contributed by atoms with Crippen LogP contribution in [0.1, 0.15) is 6.92 Å². The quantitative estimate of drug-likeness (QED) is 0.338. The number of hydrogen-bond donors (Lipinski definition) is 0. The third kappa shape index (κ3) is 3.93. The van der Waals surface area contributed by atoms with E-state index in [9.17, 15) is 18.0 Å². The fourth-order valence-corrected chi connectivity index (χ4v) is 0.492. The van der Waals surface area contributed by atoms with Gasteiger partial charge in [-0.1, -0.05) is 6.58 Å². The molecule has 0 rings (SSSR count). The van der Waals surface area contributed by atoms with Crippen LogP contribution >= 0.6 is 22.6 Å². The van der Waals surface area contributed by atoms with E-state index < -0.39 is 16.3 Å². The normalized spacial score (nSPS) is 13.8. The predicted molar refractivity (Wildman–Crippen MR) is 44.8 cm³/mol. The smallest absolute Gasteiger partial charge is 0.435 e. The van der Waals surface area contributed by atoms with Crippen molar-refractivity contribution in [3.05, 3.63) is 12.2 Å². The number of halogens is 4. The minimum absolute atomic E-state index is 0.0547. The highest BCUT2D eigenvalue weighted by Crippen LogP contribution is 2.28. The van der Waals surface area contributed by atoms with Crippen molar-refractivity contribution in [1.82, 2.24) is 0 Å². The molecule has 1 atom stereocenters. The molecule has 0 aromatic heterocycles. The van der Waals surface area contributed by atoms with Gasteiger partial charge in [-0.3, -0.25) is 0 Å². The van der Waals surface area contributed by atoms with Crippen LogP contribution in [0, 0.1) is 0 Å². The Balaban J connectivity index is 4.11. The average Bonchev–Trinajstić information content (AvgIpc) is 1.85. The Morgan fingerprint density at radius 2 is 2.00 bits per heavy atom. The molecule has 0 aromatic rings. The minimum Gasteiger partial charge on any atom is -0.439 e. The van der Waals surface area contributed by atoms with Crippen LogP contribution in [0.25, 0.3) is 0 Å². The summed E-state index contributed by atoms with van der Waals surface area (Å²) in [7, 11) is 0. The van der Waals surface area contributed by atoms with Crippen molar-refractivity contribution in [2.45, 2.75) is 17.2 Å². The lowest BCUT2D eigenvalue weighted by atomic mass is 10.4. The van der Waals surface area contributed by atoms with Gasteiger partial charge in [-0.2, -0.15) is 13.2 Å². The lowest BCUT2D eigenvalue weighted by Gasteiger charge is -2.14. The molecular formula is C6H6F3IO2. The van der Waals surface area contributed by atoms with E-state index in [-0.39, 0.29) is 5.57 Å². The van der Waals surface area contributed by atoms with E-state index in [1.807, 2.05) is 0 Å². The summed E-state index contributed by atoms with van der Waals surface area (Å²) >= 11 is 0.988. The number of carbonyl (C=O) groups excluding carboxylic acids is 1. The molecular weight excluding hydrogens is 288 g/mol. The topological polar surface area (TPSA) is 26.3 Å². The Morgan fingerprint density at radius 3 is 2.25 bits per heavy atom. The summed E-state index contributed by atoms with van der Waals surface area (Å²) in [6.45, 7) is 4.42. The van der Waals surface area contributed by atoms with Gasteiger partial charge in [-0.05, 0) is 29.5 Å². The first kappa shape index (κ1) is 11.7. The van der Waals surface area contributed by atoms with E-state index in [0.29, 0.717) is 0 Å². The monoisotopic (exact) mass is 294 g/mol. The van der Waals surface area contributed by atoms with Crippen molar-refractivity contribution in [3.63, 3.8) is 0 Å². The molecule has 12 heavy (non-hydrogen) atoms. The second-order valence-corrected chi connectivity index (χ2v) is 3.17. The molecule has 0 fully saturated rings. The third-order valence-corrected chi connectivity index (χ3v) is 1.78. The summed E-state index contributed by atoms with van der Waals surface area (Å²) in [5.41, 5.74) is -0.0547. The number of hydrogen-bond acceptors (Lipinski definition) is 2.